The van der Waals surface area contributed by atoms with Gasteiger partial charge in [0.25, 0.3) is 0 Å². The summed E-state index contributed by atoms with van der Waals surface area (Å²) in [6.45, 7) is 0. The number of thiazole rings is 1. The predicted molar refractivity (Wildman–Crippen MR) is 59.5 cm³/mol. The lowest BCUT2D eigenvalue weighted by molar-refractivity contribution is 0.111. The number of carbonyl (C=O) groups excluding carboxylic acids is 1. The molecule has 1 atom stereocenters. The van der Waals surface area contributed by atoms with Crippen molar-refractivity contribution >= 4 is 17.6 Å². The van der Waals surface area contributed by atoms with Crippen LogP contribution in [0.25, 0.3) is 0 Å². The van der Waals surface area contributed by atoms with E-state index >= 15 is 0 Å². The van der Waals surface area contributed by atoms with Gasteiger partial charge >= 0.3 is 0 Å². The zero-order chi connectivity index (χ0) is 10.3. The third kappa shape index (κ3) is 1.31. The highest BCUT2D eigenvalue weighted by molar-refractivity contribution is 7.09. The molecule has 15 heavy (non-hydrogen) atoms. The van der Waals surface area contributed by atoms with Gasteiger partial charge in [-0.05, 0) is 17.5 Å². The highest BCUT2D eigenvalue weighted by Gasteiger charge is 2.29. The van der Waals surface area contributed by atoms with E-state index in [1.54, 1.807) is 11.3 Å². The molecule has 1 unspecified atom stereocenters. The van der Waals surface area contributed by atoms with Gasteiger partial charge in [0.1, 0.15) is 10.7 Å². The van der Waals surface area contributed by atoms with Crippen LogP contribution in [0.1, 0.15) is 32.5 Å². The summed E-state index contributed by atoms with van der Waals surface area (Å²) in [7, 11) is 0. The number of aromatic nitrogens is 1. The van der Waals surface area contributed by atoms with Crippen LogP contribution in [0.2, 0.25) is 0 Å². The zero-order valence-corrected chi connectivity index (χ0v) is 8.83. The minimum absolute atomic E-state index is 0.417. The van der Waals surface area contributed by atoms with Crippen molar-refractivity contribution in [2.24, 2.45) is 0 Å². The molecule has 0 aliphatic heterocycles. The van der Waals surface area contributed by atoms with Crippen LogP contribution in [0.4, 0.5) is 0 Å². The summed E-state index contributed by atoms with van der Waals surface area (Å²) in [5.74, 6) is 0.417. The van der Waals surface area contributed by atoms with Crippen LogP contribution in [0.5, 0.6) is 0 Å². The van der Waals surface area contributed by atoms with Crippen molar-refractivity contribution in [2.45, 2.75) is 12.3 Å². The van der Waals surface area contributed by atoms with Gasteiger partial charge in [-0.15, -0.1) is 11.3 Å². The summed E-state index contributed by atoms with van der Waals surface area (Å²) >= 11 is 1.58. The Hall–Kier alpha value is -1.48. The highest BCUT2D eigenvalue weighted by Crippen LogP contribution is 2.40. The van der Waals surface area contributed by atoms with E-state index in [9.17, 15) is 4.79 Å². The molecule has 1 aliphatic rings. The summed E-state index contributed by atoms with van der Waals surface area (Å²) in [6, 6.07) is 8.42. The number of hydrogen-bond acceptors (Lipinski definition) is 3. The molecule has 0 spiro atoms. The monoisotopic (exact) mass is 215 g/mol. The average Bonchev–Trinajstić information content (AvgIpc) is 2.68. The van der Waals surface area contributed by atoms with Crippen molar-refractivity contribution in [2.75, 3.05) is 0 Å². The first-order valence-electron chi connectivity index (χ1n) is 4.87. The summed E-state index contributed by atoms with van der Waals surface area (Å²) in [5.41, 5.74) is 3.33. The second kappa shape index (κ2) is 3.28. The predicted octanol–water partition coefficient (Wildman–Crippen LogP) is 2.64. The zero-order valence-electron chi connectivity index (χ0n) is 8.01. The molecule has 3 heteroatoms. The molecule has 3 rings (SSSR count). The topological polar surface area (TPSA) is 30.0 Å². The Morgan fingerprint density at radius 3 is 3.00 bits per heavy atom. The lowest BCUT2D eigenvalue weighted by atomic mass is 9.78. The van der Waals surface area contributed by atoms with E-state index in [2.05, 4.69) is 29.2 Å². The third-order valence-electron chi connectivity index (χ3n) is 2.81. The summed E-state index contributed by atoms with van der Waals surface area (Å²) < 4.78 is 0. The third-order valence-corrected chi connectivity index (χ3v) is 3.79. The van der Waals surface area contributed by atoms with Crippen LogP contribution in [0, 0.1) is 0 Å². The van der Waals surface area contributed by atoms with Gasteiger partial charge in [-0.2, -0.15) is 0 Å². The van der Waals surface area contributed by atoms with Gasteiger partial charge in [-0.25, -0.2) is 4.98 Å². The summed E-state index contributed by atoms with van der Waals surface area (Å²) in [5, 5.41) is 2.89. The molecule has 1 aromatic carbocycles. The maximum absolute atomic E-state index is 10.5. The maximum atomic E-state index is 10.5. The standard InChI is InChI=1S/C12H9NOS/c14-6-9-7-15-12(13-9)11-5-8-3-1-2-4-10(8)11/h1-4,6-7,11H,5H2. The Balaban J connectivity index is 1.96. The van der Waals surface area contributed by atoms with Crippen LogP contribution in [-0.4, -0.2) is 11.3 Å². The fraction of sp³-hybridized carbons (Fsp3) is 0.167. The van der Waals surface area contributed by atoms with E-state index in [1.807, 2.05) is 5.38 Å². The average molecular weight is 215 g/mol. The summed E-state index contributed by atoms with van der Waals surface area (Å²) in [4.78, 5) is 14.8. The van der Waals surface area contributed by atoms with Gasteiger partial charge in [0.15, 0.2) is 6.29 Å². The number of nitrogens with zero attached hydrogens (tertiary/aromatic N) is 1. The van der Waals surface area contributed by atoms with Gasteiger partial charge in [-0.3, -0.25) is 4.79 Å². The Morgan fingerprint density at radius 1 is 1.40 bits per heavy atom. The molecule has 0 N–H and O–H groups in total. The number of carbonyl (C=O) groups is 1. The number of benzene rings is 1. The number of aldehydes is 1. The van der Waals surface area contributed by atoms with Crippen LogP contribution in [-0.2, 0) is 6.42 Å². The number of fused-ring (bicyclic) bond motifs is 1. The molecule has 0 radical (unpaired) electrons. The van der Waals surface area contributed by atoms with Crippen molar-refractivity contribution in [3.8, 4) is 0 Å². The lowest BCUT2D eigenvalue weighted by Crippen LogP contribution is -2.17. The minimum Gasteiger partial charge on any atom is -0.296 e. The van der Waals surface area contributed by atoms with E-state index < -0.39 is 0 Å². The van der Waals surface area contributed by atoms with Gasteiger partial charge in [0, 0.05) is 11.3 Å². The fourth-order valence-electron chi connectivity index (χ4n) is 1.99. The van der Waals surface area contributed by atoms with E-state index in [0.717, 1.165) is 17.7 Å². The van der Waals surface area contributed by atoms with E-state index in [0.29, 0.717) is 11.6 Å². The first-order valence-corrected chi connectivity index (χ1v) is 5.75. The van der Waals surface area contributed by atoms with Crippen LogP contribution < -0.4 is 0 Å². The van der Waals surface area contributed by atoms with E-state index in [-0.39, 0.29) is 0 Å². The number of hydrogen-bond donors (Lipinski definition) is 0. The Labute approximate surface area is 91.6 Å². The van der Waals surface area contributed by atoms with Crippen LogP contribution in [0.15, 0.2) is 29.6 Å². The first kappa shape index (κ1) is 8.80. The van der Waals surface area contributed by atoms with E-state index in [1.165, 1.54) is 11.1 Å². The molecular weight excluding hydrogens is 206 g/mol. The normalized spacial score (nSPS) is 18.0. The van der Waals surface area contributed by atoms with Gasteiger partial charge in [-0.1, -0.05) is 24.3 Å². The van der Waals surface area contributed by atoms with Crippen molar-refractivity contribution in [1.29, 1.82) is 0 Å². The Kier molecular flexibility index (Phi) is 1.92. The van der Waals surface area contributed by atoms with Crippen molar-refractivity contribution in [1.82, 2.24) is 4.98 Å². The highest BCUT2D eigenvalue weighted by atomic mass is 32.1. The molecular formula is C12H9NOS. The molecule has 0 bridgehead atoms. The molecule has 2 nitrogen and oxygen atoms in total. The van der Waals surface area contributed by atoms with Gasteiger partial charge in [0.2, 0.25) is 0 Å². The molecule has 0 amide bonds. The van der Waals surface area contributed by atoms with Crippen LogP contribution >= 0.6 is 11.3 Å². The first-order chi connectivity index (χ1) is 7.38. The largest absolute Gasteiger partial charge is 0.296 e. The Bertz CT molecular complexity index is 518. The van der Waals surface area contributed by atoms with Crippen molar-refractivity contribution in [3.63, 3.8) is 0 Å². The van der Waals surface area contributed by atoms with Crippen molar-refractivity contribution < 1.29 is 4.79 Å². The molecule has 0 saturated heterocycles. The number of rotatable bonds is 2. The minimum atomic E-state index is 0.417. The van der Waals surface area contributed by atoms with Crippen LogP contribution in [0.3, 0.4) is 0 Å². The molecule has 2 aromatic rings. The SMILES string of the molecule is O=Cc1csc(C2Cc3ccccc32)n1. The molecule has 1 aliphatic carbocycles. The molecule has 1 aromatic heterocycles. The van der Waals surface area contributed by atoms with Crippen molar-refractivity contribution in [3.05, 3.63) is 51.5 Å². The van der Waals surface area contributed by atoms with Gasteiger partial charge < -0.3 is 0 Å². The quantitative estimate of drug-likeness (QED) is 0.721. The Morgan fingerprint density at radius 2 is 2.27 bits per heavy atom. The second-order valence-electron chi connectivity index (χ2n) is 3.68. The maximum Gasteiger partial charge on any atom is 0.169 e. The second-order valence-corrected chi connectivity index (χ2v) is 4.57. The summed E-state index contributed by atoms with van der Waals surface area (Å²) in [6.07, 6.45) is 1.87. The lowest BCUT2D eigenvalue weighted by Gasteiger charge is -2.28. The smallest absolute Gasteiger partial charge is 0.169 e. The molecule has 1 heterocycles. The molecule has 74 valence electrons. The molecule has 0 fully saturated rings. The van der Waals surface area contributed by atoms with Gasteiger partial charge in [0.05, 0.1) is 0 Å². The molecule has 0 saturated carbocycles. The fourth-order valence-corrected chi connectivity index (χ4v) is 2.88. The van der Waals surface area contributed by atoms with E-state index in [4.69, 9.17) is 0 Å².